The average molecular weight is 324 g/mol. The molecule has 1 aliphatic rings. The predicted octanol–water partition coefficient (Wildman–Crippen LogP) is 2.49. The lowest BCUT2D eigenvalue weighted by Gasteiger charge is -2.34. The number of nitrogens with zero attached hydrogens (tertiary/aromatic N) is 4. The topological polar surface area (TPSA) is 49.3 Å². The third-order valence-electron chi connectivity index (χ3n) is 4.37. The van der Waals surface area contributed by atoms with E-state index in [2.05, 4.69) is 35.9 Å². The summed E-state index contributed by atoms with van der Waals surface area (Å²) in [4.78, 5) is 25.3. The van der Waals surface area contributed by atoms with Gasteiger partial charge in [-0.05, 0) is 24.0 Å². The predicted molar refractivity (Wildman–Crippen MR) is 95.1 cm³/mol. The van der Waals surface area contributed by atoms with Crippen molar-refractivity contribution in [3.63, 3.8) is 0 Å². The number of benzene rings is 1. The van der Waals surface area contributed by atoms with Gasteiger partial charge in [0, 0.05) is 31.5 Å². The maximum Gasteiger partial charge on any atom is 0.242 e. The van der Waals surface area contributed by atoms with E-state index in [0.29, 0.717) is 18.4 Å². The number of aromatic nitrogens is 2. The Kier molecular flexibility index (Phi) is 5.08. The van der Waals surface area contributed by atoms with Crippen LogP contribution in [-0.2, 0) is 11.2 Å². The third kappa shape index (κ3) is 3.91. The van der Waals surface area contributed by atoms with Gasteiger partial charge < -0.3 is 9.80 Å². The summed E-state index contributed by atoms with van der Waals surface area (Å²) in [6, 6.07) is 12.2. The van der Waals surface area contributed by atoms with Gasteiger partial charge in [-0.25, -0.2) is 9.97 Å². The van der Waals surface area contributed by atoms with Crippen molar-refractivity contribution in [3.8, 4) is 0 Å². The van der Waals surface area contributed by atoms with E-state index in [9.17, 15) is 4.79 Å². The van der Waals surface area contributed by atoms with Crippen LogP contribution in [0, 0.1) is 0 Å². The van der Waals surface area contributed by atoms with Gasteiger partial charge in [0.1, 0.15) is 0 Å². The molecule has 1 fully saturated rings. The van der Waals surface area contributed by atoms with Crippen LogP contribution < -0.4 is 4.90 Å². The first-order valence-corrected chi connectivity index (χ1v) is 8.53. The van der Waals surface area contributed by atoms with Crippen LogP contribution in [0.1, 0.15) is 31.0 Å². The molecule has 0 bridgehead atoms. The van der Waals surface area contributed by atoms with E-state index in [-0.39, 0.29) is 5.91 Å². The molecule has 126 valence electrons. The second kappa shape index (κ2) is 7.43. The van der Waals surface area contributed by atoms with E-state index in [1.165, 1.54) is 5.56 Å². The number of hydrogen-bond donors (Lipinski definition) is 0. The molecule has 24 heavy (non-hydrogen) atoms. The van der Waals surface area contributed by atoms with E-state index in [4.69, 9.17) is 0 Å². The number of hydrogen-bond acceptors (Lipinski definition) is 4. The highest BCUT2D eigenvalue weighted by Gasteiger charge is 2.25. The molecule has 1 saturated heterocycles. The van der Waals surface area contributed by atoms with Gasteiger partial charge in [0.15, 0.2) is 0 Å². The fourth-order valence-electron chi connectivity index (χ4n) is 2.86. The highest BCUT2D eigenvalue weighted by atomic mass is 16.2. The van der Waals surface area contributed by atoms with Crippen molar-refractivity contribution in [1.29, 1.82) is 0 Å². The highest BCUT2D eigenvalue weighted by Crippen LogP contribution is 2.16. The van der Waals surface area contributed by atoms with Crippen LogP contribution in [0.2, 0.25) is 0 Å². The zero-order chi connectivity index (χ0) is 16.9. The summed E-state index contributed by atoms with van der Waals surface area (Å²) in [5.74, 6) is 1.17. The fraction of sp³-hybridized carbons (Fsp3) is 0.421. The first-order valence-electron chi connectivity index (χ1n) is 8.53. The van der Waals surface area contributed by atoms with Gasteiger partial charge in [-0.1, -0.05) is 44.2 Å². The minimum Gasteiger partial charge on any atom is -0.339 e. The van der Waals surface area contributed by atoms with Gasteiger partial charge in [0.2, 0.25) is 11.9 Å². The third-order valence-corrected chi connectivity index (χ3v) is 4.37. The lowest BCUT2D eigenvalue weighted by molar-refractivity contribution is -0.131. The van der Waals surface area contributed by atoms with Gasteiger partial charge in [-0.2, -0.15) is 0 Å². The zero-order valence-corrected chi connectivity index (χ0v) is 14.4. The maximum atomic E-state index is 12.4. The molecule has 5 nitrogen and oxygen atoms in total. The Morgan fingerprint density at radius 1 is 1.12 bits per heavy atom. The van der Waals surface area contributed by atoms with Gasteiger partial charge in [-0.15, -0.1) is 0 Å². The Balaban J connectivity index is 1.59. The second-order valence-corrected chi connectivity index (χ2v) is 6.47. The average Bonchev–Trinajstić information content (AvgIpc) is 2.61. The van der Waals surface area contributed by atoms with Crippen molar-refractivity contribution in [2.45, 2.75) is 26.2 Å². The van der Waals surface area contributed by atoms with Gasteiger partial charge in [0.25, 0.3) is 0 Å². The number of rotatable bonds is 5. The summed E-state index contributed by atoms with van der Waals surface area (Å²) >= 11 is 0. The molecule has 0 radical (unpaired) electrons. The largest absolute Gasteiger partial charge is 0.339 e. The van der Waals surface area contributed by atoms with E-state index in [0.717, 1.165) is 31.7 Å². The molecule has 0 N–H and O–H groups in total. The molecule has 1 aromatic carbocycles. The normalized spacial score (nSPS) is 15.2. The Hall–Kier alpha value is -2.43. The van der Waals surface area contributed by atoms with Crippen LogP contribution in [0.25, 0.3) is 0 Å². The van der Waals surface area contributed by atoms with Crippen molar-refractivity contribution < 1.29 is 4.79 Å². The summed E-state index contributed by atoms with van der Waals surface area (Å²) in [5, 5.41) is 0. The molecule has 3 rings (SSSR count). The molecule has 5 heteroatoms. The Labute approximate surface area is 143 Å². The maximum absolute atomic E-state index is 12.4. The van der Waals surface area contributed by atoms with Crippen molar-refractivity contribution in [1.82, 2.24) is 14.9 Å². The second-order valence-electron chi connectivity index (χ2n) is 6.47. The van der Waals surface area contributed by atoms with E-state index >= 15 is 0 Å². The molecule has 0 unspecified atom stereocenters. The van der Waals surface area contributed by atoms with Crippen LogP contribution in [-0.4, -0.2) is 47.0 Å². The van der Waals surface area contributed by atoms with E-state index in [1.807, 2.05) is 34.1 Å². The lowest BCUT2D eigenvalue weighted by Crippen LogP contribution is -2.51. The van der Waals surface area contributed by atoms with Gasteiger partial charge in [0.05, 0.1) is 6.54 Å². The molecule has 0 saturated carbocycles. The minimum atomic E-state index is 0.149. The summed E-state index contributed by atoms with van der Waals surface area (Å²) in [6.45, 7) is 6.85. The minimum absolute atomic E-state index is 0.149. The van der Waals surface area contributed by atoms with Crippen LogP contribution in [0.15, 0.2) is 42.6 Å². The summed E-state index contributed by atoms with van der Waals surface area (Å²) in [5.41, 5.74) is 2.28. The Bertz CT molecular complexity index is 687. The number of carbonyl (C=O) groups is 1. The first kappa shape index (κ1) is 16.4. The first-order chi connectivity index (χ1) is 11.6. The molecule has 2 heterocycles. The zero-order valence-electron chi connectivity index (χ0n) is 14.4. The summed E-state index contributed by atoms with van der Waals surface area (Å²) in [6.07, 6.45) is 2.68. The van der Waals surface area contributed by atoms with Crippen LogP contribution in [0.5, 0.6) is 0 Å². The molecule has 0 aliphatic carbocycles. The van der Waals surface area contributed by atoms with Crippen molar-refractivity contribution in [3.05, 3.63) is 53.9 Å². The lowest BCUT2D eigenvalue weighted by atomic mass is 10.1. The van der Waals surface area contributed by atoms with Crippen LogP contribution in [0.4, 0.5) is 5.95 Å². The van der Waals surface area contributed by atoms with E-state index < -0.39 is 0 Å². The van der Waals surface area contributed by atoms with Crippen LogP contribution in [0.3, 0.4) is 0 Å². The number of carbonyl (C=O) groups excluding carboxylic acids is 1. The summed E-state index contributed by atoms with van der Waals surface area (Å²) < 4.78 is 0. The molecule has 1 aliphatic heterocycles. The molecule has 1 amide bonds. The fourth-order valence-corrected chi connectivity index (χ4v) is 2.86. The van der Waals surface area contributed by atoms with Crippen molar-refractivity contribution in [2.24, 2.45) is 0 Å². The molecule has 0 spiro atoms. The monoisotopic (exact) mass is 324 g/mol. The van der Waals surface area contributed by atoms with E-state index in [1.54, 1.807) is 6.20 Å². The number of amides is 1. The molecular formula is C19H24N4O. The SMILES string of the molecule is CC(C)c1ccnc(N2CCN(CCc3ccccc3)C(=O)C2)n1. The Morgan fingerprint density at radius 3 is 2.62 bits per heavy atom. The number of piperazine rings is 1. The van der Waals surface area contributed by atoms with Crippen molar-refractivity contribution in [2.75, 3.05) is 31.1 Å². The molecule has 2 aromatic rings. The summed E-state index contributed by atoms with van der Waals surface area (Å²) in [7, 11) is 0. The van der Waals surface area contributed by atoms with Crippen molar-refractivity contribution >= 4 is 11.9 Å². The van der Waals surface area contributed by atoms with Gasteiger partial charge >= 0.3 is 0 Å². The smallest absolute Gasteiger partial charge is 0.242 e. The molecule has 0 atom stereocenters. The molecule has 1 aromatic heterocycles. The van der Waals surface area contributed by atoms with Crippen LogP contribution >= 0.6 is 0 Å². The number of anilines is 1. The standard InChI is InChI=1S/C19H24N4O/c1-15(2)17-8-10-20-19(21-17)23-13-12-22(18(24)14-23)11-9-16-6-4-3-5-7-16/h3-8,10,15H,9,11-14H2,1-2H3. The van der Waals surface area contributed by atoms with Gasteiger partial charge in [-0.3, -0.25) is 4.79 Å². The quantitative estimate of drug-likeness (QED) is 0.848. The Morgan fingerprint density at radius 2 is 1.92 bits per heavy atom. The molecular weight excluding hydrogens is 300 g/mol. The highest BCUT2D eigenvalue weighted by molar-refractivity contribution is 5.82.